The van der Waals surface area contributed by atoms with Gasteiger partial charge in [0.05, 0.1) is 4.88 Å². The highest BCUT2D eigenvalue weighted by Gasteiger charge is 2.20. The van der Waals surface area contributed by atoms with Gasteiger partial charge in [0.15, 0.2) is 0 Å². The van der Waals surface area contributed by atoms with Crippen molar-refractivity contribution in [3.63, 3.8) is 0 Å². The molecule has 0 unspecified atom stereocenters. The van der Waals surface area contributed by atoms with Crippen molar-refractivity contribution in [2.75, 3.05) is 0 Å². The number of hydrogen-bond acceptors (Lipinski definition) is 3. The highest BCUT2D eigenvalue weighted by molar-refractivity contribution is 7.22. The average Bonchev–Trinajstić information content (AvgIpc) is 2.30. The van der Waals surface area contributed by atoms with Gasteiger partial charge in [-0.25, -0.2) is 8.78 Å². The fourth-order valence-corrected chi connectivity index (χ4v) is 1.79. The maximum absolute atomic E-state index is 12.1. The number of hydrogen-bond donors (Lipinski definition) is 2. The van der Waals surface area contributed by atoms with Gasteiger partial charge in [0.25, 0.3) is 6.43 Å². The van der Waals surface area contributed by atoms with E-state index in [1.807, 2.05) is 0 Å². The highest BCUT2D eigenvalue weighted by atomic mass is 32.1. The summed E-state index contributed by atoms with van der Waals surface area (Å²) in [5, 5.41) is 17.4. The van der Waals surface area contributed by atoms with Crippen LogP contribution in [-0.2, 0) is 0 Å². The van der Waals surface area contributed by atoms with E-state index in [4.69, 9.17) is 10.0 Å². The lowest BCUT2D eigenvalue weighted by Gasteiger charge is -1.93. The molecule has 1 heterocycles. The van der Waals surface area contributed by atoms with Crippen LogP contribution in [0.5, 0.6) is 0 Å². The molecule has 0 spiro atoms. The molecule has 2 nitrogen and oxygen atoms in total. The summed E-state index contributed by atoms with van der Waals surface area (Å²) in [5.74, 6) is 0. The van der Waals surface area contributed by atoms with Crippen LogP contribution in [0, 0.1) is 6.92 Å². The van der Waals surface area contributed by atoms with Crippen LogP contribution in [0.3, 0.4) is 0 Å². The predicted molar refractivity (Wildman–Crippen MR) is 43.8 cm³/mol. The molecule has 0 aliphatic rings. The summed E-state index contributed by atoms with van der Waals surface area (Å²) < 4.78 is 24.3. The zero-order valence-electron chi connectivity index (χ0n) is 6.29. The van der Waals surface area contributed by atoms with Gasteiger partial charge in [-0.3, -0.25) is 0 Å². The largest absolute Gasteiger partial charge is 0.499 e. The van der Waals surface area contributed by atoms with Crippen molar-refractivity contribution in [1.82, 2.24) is 0 Å². The van der Waals surface area contributed by atoms with E-state index in [2.05, 4.69) is 0 Å². The first-order valence-corrected chi connectivity index (χ1v) is 4.08. The van der Waals surface area contributed by atoms with Crippen molar-refractivity contribution < 1.29 is 18.8 Å². The Morgan fingerprint density at radius 2 is 2.08 bits per heavy atom. The number of thiophene rings is 1. The summed E-state index contributed by atoms with van der Waals surface area (Å²) in [6.07, 6.45) is -2.54. The van der Waals surface area contributed by atoms with Gasteiger partial charge in [0.1, 0.15) is 0 Å². The molecular weight excluding hydrogens is 185 g/mol. The Hall–Kier alpha value is -0.455. The average molecular weight is 192 g/mol. The van der Waals surface area contributed by atoms with Crippen LogP contribution in [0.4, 0.5) is 8.78 Å². The van der Waals surface area contributed by atoms with E-state index in [1.54, 1.807) is 6.92 Å². The molecule has 0 saturated carbocycles. The Morgan fingerprint density at radius 1 is 1.50 bits per heavy atom. The van der Waals surface area contributed by atoms with Crippen molar-refractivity contribution in [3.05, 3.63) is 16.5 Å². The normalized spacial score (nSPS) is 10.8. The van der Waals surface area contributed by atoms with Gasteiger partial charge in [-0.1, -0.05) is 0 Å². The van der Waals surface area contributed by atoms with Crippen molar-refractivity contribution in [2.24, 2.45) is 0 Å². The molecule has 0 fully saturated rings. The molecule has 12 heavy (non-hydrogen) atoms. The molecule has 0 aliphatic carbocycles. The van der Waals surface area contributed by atoms with Crippen LogP contribution in [0.2, 0.25) is 0 Å². The Labute approximate surface area is 72.6 Å². The summed E-state index contributed by atoms with van der Waals surface area (Å²) >= 11 is 0.726. The van der Waals surface area contributed by atoms with E-state index < -0.39 is 13.5 Å². The topological polar surface area (TPSA) is 40.5 Å². The Kier molecular flexibility index (Phi) is 2.82. The molecular formula is C6H7BF2O2S. The van der Waals surface area contributed by atoms with Gasteiger partial charge in [0.2, 0.25) is 0 Å². The molecule has 0 aliphatic heterocycles. The van der Waals surface area contributed by atoms with Gasteiger partial charge in [-0.15, -0.1) is 11.3 Å². The minimum atomic E-state index is -2.54. The molecule has 0 amide bonds. The van der Waals surface area contributed by atoms with E-state index in [0.29, 0.717) is 5.56 Å². The van der Waals surface area contributed by atoms with Crippen LogP contribution in [0.15, 0.2) is 6.07 Å². The fourth-order valence-electron chi connectivity index (χ4n) is 0.885. The zero-order valence-corrected chi connectivity index (χ0v) is 7.11. The molecule has 0 bridgehead atoms. The number of aryl methyl sites for hydroxylation is 1. The van der Waals surface area contributed by atoms with Crippen molar-refractivity contribution in [1.29, 1.82) is 0 Å². The van der Waals surface area contributed by atoms with Crippen molar-refractivity contribution >= 4 is 23.2 Å². The maximum Gasteiger partial charge on any atom is 0.499 e. The van der Waals surface area contributed by atoms with Crippen LogP contribution >= 0.6 is 11.3 Å². The second kappa shape index (κ2) is 3.51. The summed E-state index contributed by atoms with van der Waals surface area (Å²) in [6, 6.07) is 1.27. The minimum absolute atomic E-state index is 0.129. The number of rotatable bonds is 2. The monoisotopic (exact) mass is 192 g/mol. The Bertz CT molecular complexity index is 275. The smallest absolute Gasteiger partial charge is 0.423 e. The van der Waals surface area contributed by atoms with E-state index in [0.717, 1.165) is 11.3 Å². The standard InChI is InChI=1S/C6H7BF2O2S/c1-3-2-4(6(8)9)12-5(3)7(10)11/h2,6,10-11H,1H3. The number of alkyl halides is 2. The second-order valence-electron chi connectivity index (χ2n) is 2.37. The zero-order chi connectivity index (χ0) is 9.30. The molecule has 0 radical (unpaired) electrons. The third-order valence-corrected chi connectivity index (χ3v) is 2.71. The van der Waals surface area contributed by atoms with E-state index >= 15 is 0 Å². The first-order valence-electron chi connectivity index (χ1n) is 3.27. The quantitative estimate of drug-likeness (QED) is 0.676. The molecule has 1 rings (SSSR count). The SMILES string of the molecule is Cc1cc(C(F)F)sc1B(O)O. The summed E-state index contributed by atoms with van der Waals surface area (Å²) in [4.78, 5) is -0.129. The fraction of sp³-hybridized carbons (Fsp3) is 0.333. The first-order chi connectivity index (χ1) is 5.52. The van der Waals surface area contributed by atoms with Gasteiger partial charge < -0.3 is 10.0 Å². The lowest BCUT2D eigenvalue weighted by atomic mass is 9.87. The molecule has 6 heteroatoms. The van der Waals surface area contributed by atoms with Gasteiger partial charge >= 0.3 is 7.12 Å². The van der Waals surface area contributed by atoms with Crippen LogP contribution in [0.1, 0.15) is 16.9 Å². The van der Waals surface area contributed by atoms with Gasteiger partial charge in [-0.05, 0) is 18.6 Å². The lowest BCUT2D eigenvalue weighted by molar-refractivity contribution is 0.155. The third-order valence-electron chi connectivity index (χ3n) is 1.42. The predicted octanol–water partition coefficient (Wildman–Crippen LogP) is 0.674. The molecule has 0 atom stereocenters. The Balaban J connectivity index is 3.00. The maximum atomic E-state index is 12.1. The van der Waals surface area contributed by atoms with E-state index in [1.165, 1.54) is 6.07 Å². The first kappa shape index (κ1) is 9.63. The molecule has 1 aromatic rings. The van der Waals surface area contributed by atoms with Gasteiger partial charge in [0, 0.05) is 4.78 Å². The number of halogens is 2. The highest BCUT2D eigenvalue weighted by Crippen LogP contribution is 2.24. The van der Waals surface area contributed by atoms with Crippen molar-refractivity contribution in [3.8, 4) is 0 Å². The van der Waals surface area contributed by atoms with Crippen LogP contribution in [-0.4, -0.2) is 17.2 Å². The molecule has 2 N–H and O–H groups in total. The second-order valence-corrected chi connectivity index (χ2v) is 3.49. The van der Waals surface area contributed by atoms with Crippen LogP contribution in [0.25, 0.3) is 0 Å². The molecule has 1 aromatic heterocycles. The molecule has 0 saturated heterocycles. The summed E-state index contributed by atoms with van der Waals surface area (Å²) in [6.45, 7) is 1.57. The van der Waals surface area contributed by atoms with E-state index in [9.17, 15) is 8.78 Å². The van der Waals surface area contributed by atoms with Gasteiger partial charge in [-0.2, -0.15) is 0 Å². The van der Waals surface area contributed by atoms with Crippen molar-refractivity contribution in [2.45, 2.75) is 13.3 Å². The third kappa shape index (κ3) is 1.82. The van der Waals surface area contributed by atoms with Crippen LogP contribution < -0.4 is 4.78 Å². The van der Waals surface area contributed by atoms with E-state index in [-0.39, 0.29) is 9.65 Å². The lowest BCUT2D eigenvalue weighted by Crippen LogP contribution is -2.28. The summed E-state index contributed by atoms with van der Waals surface area (Å²) in [5.41, 5.74) is 0.491. The summed E-state index contributed by atoms with van der Waals surface area (Å²) in [7, 11) is -1.65. The molecule has 0 aromatic carbocycles. The molecule has 66 valence electrons. The Morgan fingerprint density at radius 3 is 2.33 bits per heavy atom. The minimum Gasteiger partial charge on any atom is -0.423 e.